The van der Waals surface area contributed by atoms with E-state index in [4.69, 9.17) is 5.73 Å². The molecular weight excluding hydrogens is 548 g/mol. The van der Waals surface area contributed by atoms with Gasteiger partial charge < -0.3 is 10.6 Å². The third-order valence-corrected chi connectivity index (χ3v) is 12.3. The van der Waals surface area contributed by atoms with E-state index in [1.807, 2.05) is 32.5 Å². The lowest BCUT2D eigenvalue weighted by Crippen LogP contribution is -2.51. The third kappa shape index (κ3) is 7.32. The molecule has 236 valence electrons. The Labute approximate surface area is 257 Å². The summed E-state index contributed by atoms with van der Waals surface area (Å²) in [5.41, 5.74) is 4.88. The van der Waals surface area contributed by atoms with Crippen LogP contribution < -0.4 is 5.73 Å². The molecule has 42 heavy (non-hydrogen) atoms. The first-order valence-electron chi connectivity index (χ1n) is 16.4. The molecule has 4 fully saturated rings. The predicted molar refractivity (Wildman–Crippen MR) is 167 cm³/mol. The van der Waals surface area contributed by atoms with Gasteiger partial charge in [-0.05, 0) is 64.8 Å². The second-order valence-corrected chi connectivity index (χ2v) is 17.0. The fourth-order valence-electron chi connectivity index (χ4n) is 8.16. The number of fused-ring (bicyclic) bond motifs is 1. The molecule has 8 heteroatoms. The average molecular weight is 603 g/mol. The van der Waals surface area contributed by atoms with Crippen LogP contribution in [0.4, 0.5) is 0 Å². The number of Topliss-reactive ketones (excluding diaryl/α,β-unsaturated/α-hetero) is 3. The van der Waals surface area contributed by atoms with Crippen LogP contribution in [0.5, 0.6) is 0 Å². The van der Waals surface area contributed by atoms with E-state index in [-0.39, 0.29) is 53.0 Å². The molecule has 1 aliphatic heterocycles. The van der Waals surface area contributed by atoms with E-state index in [0.29, 0.717) is 25.3 Å². The Morgan fingerprint density at radius 2 is 1.64 bits per heavy atom. The number of thioether (sulfide) groups is 1. The van der Waals surface area contributed by atoms with Gasteiger partial charge >= 0.3 is 0 Å². The van der Waals surface area contributed by atoms with E-state index in [1.165, 1.54) is 6.42 Å². The molecule has 0 spiro atoms. The Bertz CT molecular complexity index is 1070. The van der Waals surface area contributed by atoms with Gasteiger partial charge in [-0.25, -0.2) is 0 Å². The molecule has 7 nitrogen and oxygen atoms in total. The molecule has 1 heterocycles. The monoisotopic (exact) mass is 602 g/mol. The Kier molecular flexibility index (Phi) is 10.1. The van der Waals surface area contributed by atoms with Gasteiger partial charge in [0, 0.05) is 37.6 Å². The Hall–Kier alpha value is -1.70. The van der Waals surface area contributed by atoms with Crippen molar-refractivity contribution in [2.75, 3.05) is 18.1 Å². The number of nitrogens with two attached hydrogens (primary N) is 1. The summed E-state index contributed by atoms with van der Waals surface area (Å²) < 4.78 is 0. The number of piperidine rings is 1. The van der Waals surface area contributed by atoms with E-state index in [0.717, 1.165) is 50.0 Å². The highest BCUT2D eigenvalue weighted by Crippen LogP contribution is 2.65. The highest BCUT2D eigenvalue weighted by molar-refractivity contribution is 7.99. The topological polar surface area (TPSA) is 115 Å². The van der Waals surface area contributed by atoms with E-state index in [2.05, 4.69) is 20.8 Å². The van der Waals surface area contributed by atoms with Gasteiger partial charge in [0.1, 0.15) is 5.78 Å². The molecule has 2 amide bonds. The maximum Gasteiger partial charge on any atom is 0.285 e. The molecule has 3 saturated carbocycles. The fourth-order valence-corrected chi connectivity index (χ4v) is 9.19. The van der Waals surface area contributed by atoms with Crippen LogP contribution in [-0.2, 0) is 24.0 Å². The molecule has 0 aromatic rings. The number of carbonyl (C=O) groups excluding carboxylic acids is 5. The number of hydrogen-bond donors (Lipinski definition) is 1. The lowest BCUT2D eigenvalue weighted by Gasteiger charge is -2.39. The zero-order chi connectivity index (χ0) is 31.0. The number of primary amides is 1. The van der Waals surface area contributed by atoms with Gasteiger partial charge in [-0.1, -0.05) is 73.6 Å². The quantitative estimate of drug-likeness (QED) is 0.244. The van der Waals surface area contributed by atoms with E-state index >= 15 is 0 Å². The molecule has 0 aromatic heterocycles. The Morgan fingerprint density at radius 3 is 2.19 bits per heavy atom. The van der Waals surface area contributed by atoms with Crippen molar-refractivity contribution in [3.05, 3.63) is 0 Å². The van der Waals surface area contributed by atoms with Crippen molar-refractivity contribution >= 4 is 40.9 Å². The molecule has 0 aromatic carbocycles. The molecule has 0 bridgehead atoms. The highest BCUT2D eigenvalue weighted by atomic mass is 32.2. The van der Waals surface area contributed by atoms with Gasteiger partial charge in [0.25, 0.3) is 5.91 Å². The van der Waals surface area contributed by atoms with Crippen LogP contribution >= 0.6 is 11.8 Å². The molecule has 0 radical (unpaired) electrons. The summed E-state index contributed by atoms with van der Waals surface area (Å²) >= 11 is 1.91. The van der Waals surface area contributed by atoms with E-state index in [9.17, 15) is 24.0 Å². The summed E-state index contributed by atoms with van der Waals surface area (Å²) in [6.45, 7) is 13.0. The maximum absolute atomic E-state index is 14.4. The van der Waals surface area contributed by atoms with Crippen LogP contribution in [0, 0.1) is 45.8 Å². The van der Waals surface area contributed by atoms with Crippen molar-refractivity contribution in [2.24, 2.45) is 51.6 Å². The Morgan fingerprint density at radius 1 is 1.00 bits per heavy atom. The third-order valence-electron chi connectivity index (χ3n) is 11.1. The summed E-state index contributed by atoms with van der Waals surface area (Å²) in [5, 5.41) is 0. The number of likely N-dealkylation sites (tertiary alicyclic amines) is 1. The molecule has 2 unspecified atom stereocenters. The molecule has 2 N–H and O–H groups in total. The average Bonchev–Trinajstić information content (AvgIpc) is 3.76. The fraction of sp³-hybridized carbons (Fsp3) is 0.853. The van der Waals surface area contributed by atoms with Gasteiger partial charge in [0.15, 0.2) is 5.78 Å². The zero-order valence-corrected chi connectivity index (χ0v) is 27.7. The number of ketones is 3. The van der Waals surface area contributed by atoms with Gasteiger partial charge in [-0.3, -0.25) is 24.0 Å². The van der Waals surface area contributed by atoms with Crippen molar-refractivity contribution in [2.45, 2.75) is 118 Å². The predicted octanol–water partition coefficient (Wildman–Crippen LogP) is 5.61. The SMILES string of the molecule is CCSCC1(CC(=O)C[C@H](C(=O)N2CC3[C@@H]([C@H]2C(=O)CC(CC2CC2)C(=O)C(N)=O)C3(C)C)C(C)(C)C)CCCCC1. The molecule has 5 atom stereocenters. The lowest BCUT2D eigenvalue weighted by atomic mass is 9.70. The van der Waals surface area contributed by atoms with Gasteiger partial charge in [0.05, 0.1) is 6.04 Å². The van der Waals surface area contributed by atoms with Crippen molar-refractivity contribution in [1.82, 2.24) is 4.90 Å². The van der Waals surface area contributed by atoms with Crippen LogP contribution in [0.1, 0.15) is 112 Å². The molecule has 4 aliphatic rings. The minimum atomic E-state index is -0.989. The van der Waals surface area contributed by atoms with Gasteiger partial charge in [-0.15, -0.1) is 0 Å². The van der Waals surface area contributed by atoms with Crippen molar-refractivity contribution in [1.29, 1.82) is 0 Å². The maximum atomic E-state index is 14.4. The first-order chi connectivity index (χ1) is 19.6. The summed E-state index contributed by atoms with van der Waals surface area (Å²) in [5.74, 6) is -0.345. The van der Waals surface area contributed by atoms with Crippen LogP contribution in [0.25, 0.3) is 0 Å². The van der Waals surface area contributed by atoms with Crippen molar-refractivity contribution < 1.29 is 24.0 Å². The molecule has 1 saturated heterocycles. The van der Waals surface area contributed by atoms with Gasteiger partial charge in [-0.2, -0.15) is 11.8 Å². The number of nitrogens with zero attached hydrogens (tertiary/aromatic N) is 1. The summed E-state index contributed by atoms with van der Waals surface area (Å²) in [6, 6.07) is -0.620. The number of hydrogen-bond acceptors (Lipinski definition) is 6. The van der Waals surface area contributed by atoms with Crippen molar-refractivity contribution in [3.63, 3.8) is 0 Å². The highest BCUT2D eigenvalue weighted by Gasteiger charge is 2.69. The first kappa shape index (κ1) is 33.2. The van der Waals surface area contributed by atoms with Crippen LogP contribution in [0.15, 0.2) is 0 Å². The number of amides is 2. The minimum absolute atomic E-state index is 0.0306. The molecule has 4 rings (SSSR count). The van der Waals surface area contributed by atoms with Crippen molar-refractivity contribution in [3.8, 4) is 0 Å². The Balaban J connectivity index is 1.52. The van der Waals surface area contributed by atoms with Crippen LogP contribution in [0.2, 0.25) is 0 Å². The second-order valence-electron chi connectivity index (χ2n) is 15.7. The summed E-state index contributed by atoms with van der Waals surface area (Å²) in [6.07, 6.45) is 8.88. The minimum Gasteiger partial charge on any atom is -0.363 e. The van der Waals surface area contributed by atoms with Crippen LogP contribution in [-0.4, -0.2) is 58.2 Å². The number of carbonyl (C=O) groups is 5. The smallest absolute Gasteiger partial charge is 0.285 e. The molecular formula is C34H54N2O5S. The largest absolute Gasteiger partial charge is 0.363 e. The lowest BCUT2D eigenvalue weighted by molar-refractivity contribution is -0.148. The number of rotatable bonds is 15. The van der Waals surface area contributed by atoms with E-state index in [1.54, 1.807) is 4.90 Å². The summed E-state index contributed by atoms with van der Waals surface area (Å²) in [7, 11) is 0. The summed E-state index contributed by atoms with van der Waals surface area (Å²) in [4.78, 5) is 68.2. The van der Waals surface area contributed by atoms with Gasteiger partial charge in [0.2, 0.25) is 11.7 Å². The van der Waals surface area contributed by atoms with Crippen LogP contribution in [0.3, 0.4) is 0 Å². The standard InChI is InChI=1S/C34H54N2O5S/c1-7-42-20-34(13-9-8-10-14-34)18-23(37)17-24(32(2,3)4)31(41)36-19-25-27(33(25,5)6)28(36)26(38)16-22(15-21-11-12-21)29(39)30(35)40/h21-22,24-25,27-28H,7-20H2,1-6H3,(H2,35,40)/t22?,24-,25?,27+,28-/m1/s1. The first-order valence-corrected chi connectivity index (χ1v) is 17.5. The molecule has 3 aliphatic carbocycles. The second kappa shape index (κ2) is 12.7. The van der Waals surface area contributed by atoms with E-state index < -0.39 is 35.0 Å². The zero-order valence-electron chi connectivity index (χ0n) is 26.8. The normalized spacial score (nSPS) is 27.6.